The molecule has 0 heterocycles. The van der Waals surface area contributed by atoms with Gasteiger partial charge in [0, 0.05) is 26.6 Å². The fourth-order valence-corrected chi connectivity index (χ4v) is 1.24. The summed E-state index contributed by atoms with van der Waals surface area (Å²) in [6.45, 7) is 7.74. The van der Waals surface area contributed by atoms with E-state index in [1.54, 1.807) is 18.9 Å². The number of nitrogens with one attached hydrogen (secondary N) is 2. The van der Waals surface area contributed by atoms with Crippen molar-refractivity contribution in [2.24, 2.45) is 0 Å². The predicted octanol–water partition coefficient (Wildman–Crippen LogP) is -0.0310. The van der Waals surface area contributed by atoms with Crippen LogP contribution in [0.15, 0.2) is 0 Å². The molecule has 16 heavy (non-hydrogen) atoms. The lowest BCUT2D eigenvalue weighted by molar-refractivity contribution is -0.134. The number of rotatable bonds is 7. The summed E-state index contributed by atoms with van der Waals surface area (Å²) in [7, 11) is 1.73. The second kappa shape index (κ2) is 8.10. The monoisotopic (exact) mass is 229 g/mol. The summed E-state index contributed by atoms with van der Waals surface area (Å²) in [5.41, 5.74) is 0. The quantitative estimate of drug-likeness (QED) is 0.603. The van der Waals surface area contributed by atoms with Crippen molar-refractivity contribution in [3.8, 4) is 0 Å². The minimum Gasteiger partial charge on any atom is -0.345 e. The summed E-state index contributed by atoms with van der Waals surface area (Å²) in [5, 5.41) is 5.74. The van der Waals surface area contributed by atoms with Crippen LogP contribution < -0.4 is 10.6 Å². The van der Waals surface area contributed by atoms with E-state index < -0.39 is 6.04 Å². The average molecular weight is 229 g/mol. The molecular weight excluding hydrogens is 206 g/mol. The molecular formula is C11H23N3O2. The summed E-state index contributed by atoms with van der Waals surface area (Å²) in [6, 6.07) is -0.445. The Morgan fingerprint density at radius 3 is 2.44 bits per heavy atom. The smallest absolute Gasteiger partial charge is 0.244 e. The molecule has 1 atom stereocenters. The Kier molecular flexibility index (Phi) is 7.54. The highest BCUT2D eigenvalue weighted by molar-refractivity contribution is 5.87. The van der Waals surface area contributed by atoms with Gasteiger partial charge in [0.05, 0.1) is 0 Å². The zero-order valence-corrected chi connectivity index (χ0v) is 10.7. The lowest BCUT2D eigenvalue weighted by Gasteiger charge is -2.20. The number of nitrogens with zero attached hydrogens (tertiary/aromatic N) is 1. The van der Waals surface area contributed by atoms with Gasteiger partial charge in [0.15, 0.2) is 0 Å². The van der Waals surface area contributed by atoms with E-state index in [1.165, 1.54) is 0 Å². The van der Waals surface area contributed by atoms with E-state index in [1.807, 2.05) is 13.8 Å². The Morgan fingerprint density at radius 2 is 1.94 bits per heavy atom. The van der Waals surface area contributed by atoms with Crippen LogP contribution in [-0.4, -0.2) is 49.4 Å². The van der Waals surface area contributed by atoms with Crippen LogP contribution in [0.1, 0.15) is 27.2 Å². The molecule has 1 unspecified atom stereocenters. The maximum absolute atomic E-state index is 11.6. The molecule has 0 rings (SSSR count). The number of likely N-dealkylation sites (N-methyl/N-ethyl adjacent to an activating group) is 1. The Bertz CT molecular complexity index is 231. The first-order valence-electron chi connectivity index (χ1n) is 5.77. The summed E-state index contributed by atoms with van der Waals surface area (Å²) >= 11 is 0. The van der Waals surface area contributed by atoms with Crippen molar-refractivity contribution in [3.05, 3.63) is 0 Å². The standard InChI is InChI=1S/C11H23N3O2/c1-5-12-8-7-10(15)13-9(3)11(16)14(4)6-2/h9,12H,5-8H2,1-4H3,(H,13,15). The molecule has 0 aromatic rings. The number of carbonyl (C=O) groups is 2. The maximum atomic E-state index is 11.6. The Labute approximate surface area is 97.6 Å². The van der Waals surface area contributed by atoms with Gasteiger partial charge in [0.25, 0.3) is 0 Å². The predicted molar refractivity (Wildman–Crippen MR) is 64.1 cm³/mol. The van der Waals surface area contributed by atoms with Crippen molar-refractivity contribution in [1.82, 2.24) is 15.5 Å². The highest BCUT2D eigenvalue weighted by atomic mass is 16.2. The van der Waals surface area contributed by atoms with E-state index in [0.717, 1.165) is 6.54 Å². The number of amides is 2. The molecule has 2 amide bonds. The molecule has 0 aromatic heterocycles. The molecule has 0 bridgehead atoms. The normalized spacial score (nSPS) is 12.0. The van der Waals surface area contributed by atoms with E-state index in [9.17, 15) is 9.59 Å². The molecule has 94 valence electrons. The van der Waals surface area contributed by atoms with Crippen LogP contribution in [-0.2, 0) is 9.59 Å². The first-order chi connectivity index (χ1) is 7.52. The van der Waals surface area contributed by atoms with Gasteiger partial charge in [0.2, 0.25) is 11.8 Å². The topological polar surface area (TPSA) is 61.4 Å². The molecule has 5 nitrogen and oxygen atoms in total. The van der Waals surface area contributed by atoms with Gasteiger partial charge in [0.1, 0.15) is 6.04 Å². The first-order valence-corrected chi connectivity index (χ1v) is 5.77. The fraction of sp³-hybridized carbons (Fsp3) is 0.818. The zero-order chi connectivity index (χ0) is 12.6. The molecule has 0 aliphatic heterocycles. The third-order valence-corrected chi connectivity index (χ3v) is 2.38. The minimum atomic E-state index is -0.445. The van der Waals surface area contributed by atoms with Crippen LogP contribution in [0.4, 0.5) is 0 Å². The van der Waals surface area contributed by atoms with Crippen molar-refractivity contribution in [3.63, 3.8) is 0 Å². The van der Waals surface area contributed by atoms with Crippen molar-refractivity contribution < 1.29 is 9.59 Å². The van der Waals surface area contributed by atoms with Crippen molar-refractivity contribution >= 4 is 11.8 Å². The summed E-state index contributed by atoms with van der Waals surface area (Å²) in [4.78, 5) is 24.6. The molecule has 0 aliphatic carbocycles. The third-order valence-electron chi connectivity index (χ3n) is 2.38. The molecule has 0 aliphatic rings. The SMILES string of the molecule is CCNCCC(=O)NC(C)C(=O)N(C)CC. The van der Waals surface area contributed by atoms with Gasteiger partial charge in [-0.2, -0.15) is 0 Å². The number of hydrogen-bond donors (Lipinski definition) is 2. The third kappa shape index (κ3) is 5.70. The lowest BCUT2D eigenvalue weighted by atomic mass is 10.2. The number of hydrogen-bond acceptors (Lipinski definition) is 3. The van der Waals surface area contributed by atoms with Crippen LogP contribution in [0.3, 0.4) is 0 Å². The molecule has 5 heteroatoms. The lowest BCUT2D eigenvalue weighted by Crippen LogP contribution is -2.45. The summed E-state index contributed by atoms with van der Waals surface area (Å²) in [6.07, 6.45) is 0.404. The fourth-order valence-electron chi connectivity index (χ4n) is 1.24. The van der Waals surface area contributed by atoms with Crippen LogP contribution in [0.2, 0.25) is 0 Å². The van der Waals surface area contributed by atoms with Gasteiger partial charge < -0.3 is 15.5 Å². The van der Waals surface area contributed by atoms with Crippen molar-refractivity contribution in [2.75, 3.05) is 26.7 Å². The molecule has 2 N–H and O–H groups in total. The molecule has 0 radical (unpaired) electrons. The molecule has 0 fully saturated rings. The van der Waals surface area contributed by atoms with E-state index in [4.69, 9.17) is 0 Å². The second-order valence-corrected chi connectivity index (χ2v) is 3.75. The van der Waals surface area contributed by atoms with Crippen LogP contribution in [0.5, 0.6) is 0 Å². The van der Waals surface area contributed by atoms with Gasteiger partial charge in [-0.3, -0.25) is 9.59 Å². The van der Waals surface area contributed by atoms with E-state index in [2.05, 4.69) is 10.6 Å². The highest BCUT2D eigenvalue weighted by Gasteiger charge is 2.17. The number of carbonyl (C=O) groups excluding carboxylic acids is 2. The Hall–Kier alpha value is -1.10. The molecule has 0 spiro atoms. The van der Waals surface area contributed by atoms with Gasteiger partial charge in [-0.1, -0.05) is 6.92 Å². The van der Waals surface area contributed by atoms with E-state index in [-0.39, 0.29) is 11.8 Å². The van der Waals surface area contributed by atoms with E-state index >= 15 is 0 Å². The Morgan fingerprint density at radius 1 is 1.31 bits per heavy atom. The molecule has 0 saturated carbocycles. The Balaban J connectivity index is 3.89. The van der Waals surface area contributed by atoms with Gasteiger partial charge in [-0.25, -0.2) is 0 Å². The van der Waals surface area contributed by atoms with E-state index in [0.29, 0.717) is 19.5 Å². The van der Waals surface area contributed by atoms with Crippen LogP contribution in [0, 0.1) is 0 Å². The molecule has 0 aromatic carbocycles. The molecule has 0 saturated heterocycles. The largest absolute Gasteiger partial charge is 0.345 e. The first kappa shape index (κ1) is 14.9. The zero-order valence-electron chi connectivity index (χ0n) is 10.7. The van der Waals surface area contributed by atoms with Crippen LogP contribution >= 0.6 is 0 Å². The maximum Gasteiger partial charge on any atom is 0.244 e. The minimum absolute atomic E-state index is 0.0562. The van der Waals surface area contributed by atoms with Crippen LogP contribution in [0.25, 0.3) is 0 Å². The van der Waals surface area contributed by atoms with Crippen molar-refractivity contribution in [2.45, 2.75) is 33.2 Å². The van der Waals surface area contributed by atoms with Gasteiger partial charge in [-0.05, 0) is 20.4 Å². The average Bonchev–Trinajstić information content (AvgIpc) is 2.27. The second-order valence-electron chi connectivity index (χ2n) is 3.75. The summed E-state index contributed by atoms with van der Waals surface area (Å²) in [5.74, 6) is -0.148. The highest BCUT2D eigenvalue weighted by Crippen LogP contribution is 1.92. The van der Waals surface area contributed by atoms with Gasteiger partial charge >= 0.3 is 0 Å². The van der Waals surface area contributed by atoms with Gasteiger partial charge in [-0.15, -0.1) is 0 Å². The van der Waals surface area contributed by atoms with Crippen molar-refractivity contribution in [1.29, 1.82) is 0 Å². The summed E-state index contributed by atoms with van der Waals surface area (Å²) < 4.78 is 0.